The Hall–Kier alpha value is -1.41. The lowest BCUT2D eigenvalue weighted by atomic mass is 10.0. The topological polar surface area (TPSA) is 59.1 Å². The molecule has 1 aromatic rings. The Morgan fingerprint density at radius 3 is 2.88 bits per heavy atom. The molecule has 25 heavy (non-hydrogen) atoms. The van der Waals surface area contributed by atoms with E-state index in [2.05, 4.69) is 6.58 Å². The SMILES string of the molecule is C=CCN(Cc1cccc(OC)c1)S(=O)(=O)N1CCCC(COC)C1. The van der Waals surface area contributed by atoms with Gasteiger partial charge in [0, 0.05) is 33.3 Å². The largest absolute Gasteiger partial charge is 0.497 e. The van der Waals surface area contributed by atoms with Crippen LogP contribution in [0.15, 0.2) is 36.9 Å². The van der Waals surface area contributed by atoms with Crippen molar-refractivity contribution >= 4 is 10.2 Å². The third kappa shape index (κ3) is 5.28. The molecule has 1 aromatic carbocycles. The van der Waals surface area contributed by atoms with E-state index in [1.807, 2.05) is 24.3 Å². The van der Waals surface area contributed by atoms with Crippen LogP contribution in [0.5, 0.6) is 5.75 Å². The van der Waals surface area contributed by atoms with Crippen molar-refractivity contribution < 1.29 is 17.9 Å². The van der Waals surface area contributed by atoms with E-state index < -0.39 is 10.2 Å². The molecule has 1 fully saturated rings. The van der Waals surface area contributed by atoms with Gasteiger partial charge >= 0.3 is 0 Å². The first-order valence-corrected chi connectivity index (χ1v) is 9.89. The molecule has 1 aliphatic heterocycles. The zero-order valence-corrected chi connectivity index (χ0v) is 15.9. The Balaban J connectivity index is 2.17. The van der Waals surface area contributed by atoms with Crippen LogP contribution in [0.4, 0.5) is 0 Å². The summed E-state index contributed by atoms with van der Waals surface area (Å²) in [6.45, 7) is 5.91. The van der Waals surface area contributed by atoms with Gasteiger partial charge in [-0.05, 0) is 36.5 Å². The second-order valence-corrected chi connectivity index (χ2v) is 8.19. The molecular weight excluding hydrogens is 340 g/mol. The highest BCUT2D eigenvalue weighted by Gasteiger charge is 2.33. The number of benzene rings is 1. The van der Waals surface area contributed by atoms with Crippen molar-refractivity contribution in [1.82, 2.24) is 8.61 Å². The Morgan fingerprint density at radius 2 is 2.20 bits per heavy atom. The minimum absolute atomic E-state index is 0.246. The summed E-state index contributed by atoms with van der Waals surface area (Å²) in [5.41, 5.74) is 0.884. The maximum absolute atomic E-state index is 13.1. The van der Waals surface area contributed by atoms with Crippen LogP contribution in [0.25, 0.3) is 0 Å². The van der Waals surface area contributed by atoms with E-state index in [4.69, 9.17) is 9.47 Å². The van der Waals surface area contributed by atoms with Gasteiger partial charge in [-0.25, -0.2) is 0 Å². The second-order valence-electron chi connectivity index (χ2n) is 6.26. The predicted molar refractivity (Wildman–Crippen MR) is 98.7 cm³/mol. The van der Waals surface area contributed by atoms with E-state index in [9.17, 15) is 8.42 Å². The monoisotopic (exact) mass is 368 g/mol. The van der Waals surface area contributed by atoms with Crippen molar-refractivity contribution in [2.75, 3.05) is 40.5 Å². The number of nitrogens with zero attached hydrogens (tertiary/aromatic N) is 2. The lowest BCUT2D eigenvalue weighted by Crippen LogP contribution is -2.48. The molecule has 2 rings (SSSR count). The Bertz CT molecular complexity index is 661. The summed E-state index contributed by atoms with van der Waals surface area (Å²) in [5.74, 6) is 0.961. The summed E-state index contributed by atoms with van der Waals surface area (Å²) >= 11 is 0. The number of rotatable bonds is 9. The highest BCUT2D eigenvalue weighted by atomic mass is 32.2. The fraction of sp³-hybridized carbons (Fsp3) is 0.556. The van der Waals surface area contributed by atoms with Crippen molar-refractivity contribution in [3.05, 3.63) is 42.5 Å². The van der Waals surface area contributed by atoms with Gasteiger partial charge in [-0.3, -0.25) is 0 Å². The number of ether oxygens (including phenoxy) is 2. The molecular formula is C18H28N2O4S. The van der Waals surface area contributed by atoms with Crippen LogP contribution in [-0.2, 0) is 21.5 Å². The standard InChI is InChI=1S/C18H28N2O4S/c1-4-10-19(13-16-7-5-9-18(12-16)24-3)25(21,22)20-11-6-8-17(14-20)15-23-2/h4-5,7,9,12,17H,1,6,8,10-11,13-15H2,2-3H3. The summed E-state index contributed by atoms with van der Waals surface area (Å²) in [6, 6.07) is 7.46. The highest BCUT2D eigenvalue weighted by molar-refractivity contribution is 7.86. The Kier molecular flexibility index (Phi) is 7.43. The van der Waals surface area contributed by atoms with Gasteiger partial charge in [-0.1, -0.05) is 18.2 Å². The third-order valence-corrected chi connectivity index (χ3v) is 6.28. The minimum Gasteiger partial charge on any atom is -0.497 e. The van der Waals surface area contributed by atoms with Crippen molar-refractivity contribution in [2.45, 2.75) is 19.4 Å². The molecule has 7 heteroatoms. The molecule has 0 radical (unpaired) electrons. The van der Waals surface area contributed by atoms with E-state index in [0.29, 0.717) is 25.4 Å². The molecule has 1 saturated heterocycles. The van der Waals surface area contributed by atoms with Gasteiger partial charge in [0.25, 0.3) is 10.2 Å². The quantitative estimate of drug-likeness (QED) is 0.628. The fourth-order valence-corrected chi connectivity index (χ4v) is 4.82. The Labute approximate surface area is 151 Å². The summed E-state index contributed by atoms with van der Waals surface area (Å²) < 4.78 is 39.7. The van der Waals surface area contributed by atoms with Gasteiger partial charge in [0.15, 0.2) is 0 Å². The highest BCUT2D eigenvalue weighted by Crippen LogP contribution is 2.23. The Morgan fingerprint density at radius 1 is 1.40 bits per heavy atom. The van der Waals surface area contributed by atoms with Crippen molar-refractivity contribution in [1.29, 1.82) is 0 Å². The summed E-state index contributed by atoms with van der Waals surface area (Å²) in [6.07, 6.45) is 3.47. The van der Waals surface area contributed by atoms with Crippen LogP contribution in [0.1, 0.15) is 18.4 Å². The molecule has 1 atom stereocenters. The van der Waals surface area contributed by atoms with E-state index in [-0.39, 0.29) is 19.0 Å². The first-order valence-electron chi connectivity index (χ1n) is 8.49. The van der Waals surface area contributed by atoms with Gasteiger partial charge in [0.2, 0.25) is 0 Å². The normalized spacial score (nSPS) is 19.1. The van der Waals surface area contributed by atoms with Crippen LogP contribution < -0.4 is 4.74 Å². The van der Waals surface area contributed by atoms with Crippen LogP contribution in [0.3, 0.4) is 0 Å². The second kappa shape index (κ2) is 9.33. The van der Waals surface area contributed by atoms with Crippen LogP contribution in [0, 0.1) is 5.92 Å². The van der Waals surface area contributed by atoms with Gasteiger partial charge in [-0.2, -0.15) is 17.0 Å². The molecule has 1 heterocycles. The molecule has 6 nitrogen and oxygen atoms in total. The maximum Gasteiger partial charge on any atom is 0.282 e. The zero-order chi connectivity index (χ0) is 18.3. The number of piperidine rings is 1. The van der Waals surface area contributed by atoms with Gasteiger partial charge in [-0.15, -0.1) is 6.58 Å². The molecule has 0 aliphatic carbocycles. The molecule has 140 valence electrons. The molecule has 0 bridgehead atoms. The van der Waals surface area contributed by atoms with Crippen molar-refractivity contribution in [2.24, 2.45) is 5.92 Å². The lowest BCUT2D eigenvalue weighted by Gasteiger charge is -2.35. The molecule has 0 amide bonds. The molecule has 0 N–H and O–H groups in total. The number of hydrogen-bond donors (Lipinski definition) is 0. The van der Waals surface area contributed by atoms with Crippen LogP contribution in [-0.4, -0.2) is 57.5 Å². The smallest absolute Gasteiger partial charge is 0.282 e. The average molecular weight is 368 g/mol. The average Bonchev–Trinajstić information content (AvgIpc) is 2.62. The van der Waals surface area contributed by atoms with Crippen molar-refractivity contribution in [3.63, 3.8) is 0 Å². The zero-order valence-electron chi connectivity index (χ0n) is 15.1. The molecule has 0 aromatic heterocycles. The van der Waals surface area contributed by atoms with E-state index in [0.717, 1.165) is 18.4 Å². The third-order valence-electron chi connectivity index (χ3n) is 4.36. The minimum atomic E-state index is -3.56. The molecule has 0 saturated carbocycles. The lowest BCUT2D eigenvalue weighted by molar-refractivity contribution is 0.116. The van der Waals surface area contributed by atoms with Gasteiger partial charge < -0.3 is 9.47 Å². The first-order chi connectivity index (χ1) is 12.0. The summed E-state index contributed by atoms with van der Waals surface area (Å²) in [7, 11) is -0.305. The summed E-state index contributed by atoms with van der Waals surface area (Å²) in [5, 5.41) is 0. The van der Waals surface area contributed by atoms with E-state index >= 15 is 0 Å². The van der Waals surface area contributed by atoms with Gasteiger partial charge in [0.1, 0.15) is 5.75 Å². The predicted octanol–water partition coefficient (Wildman–Crippen LogP) is 2.29. The summed E-state index contributed by atoms with van der Waals surface area (Å²) in [4.78, 5) is 0. The van der Waals surface area contributed by atoms with Gasteiger partial charge in [0.05, 0.1) is 13.7 Å². The number of methoxy groups -OCH3 is 2. The van der Waals surface area contributed by atoms with E-state index in [1.54, 1.807) is 24.6 Å². The molecule has 1 unspecified atom stereocenters. The fourth-order valence-electron chi connectivity index (χ4n) is 3.13. The van der Waals surface area contributed by atoms with Crippen LogP contribution >= 0.6 is 0 Å². The number of hydrogen-bond acceptors (Lipinski definition) is 4. The maximum atomic E-state index is 13.1. The molecule has 1 aliphatic rings. The van der Waals surface area contributed by atoms with Crippen LogP contribution in [0.2, 0.25) is 0 Å². The van der Waals surface area contributed by atoms with Crippen molar-refractivity contribution in [3.8, 4) is 5.75 Å². The molecule has 0 spiro atoms. The van der Waals surface area contributed by atoms with E-state index in [1.165, 1.54) is 4.31 Å². The first kappa shape index (κ1) is 19.9.